The van der Waals surface area contributed by atoms with Gasteiger partial charge in [-0.2, -0.15) is 0 Å². The Balaban J connectivity index is 2.05. The fourth-order valence-corrected chi connectivity index (χ4v) is 1.30. The van der Waals surface area contributed by atoms with E-state index in [2.05, 4.69) is 10.1 Å². The summed E-state index contributed by atoms with van der Waals surface area (Å²) in [5.74, 6) is -1.56. The van der Waals surface area contributed by atoms with Gasteiger partial charge < -0.3 is 14.8 Å². The van der Waals surface area contributed by atoms with Crippen molar-refractivity contribution in [1.29, 1.82) is 0 Å². The molecule has 1 saturated heterocycles. The van der Waals surface area contributed by atoms with E-state index in [1.54, 1.807) is 0 Å². The van der Waals surface area contributed by atoms with E-state index in [4.69, 9.17) is 4.74 Å². The van der Waals surface area contributed by atoms with Crippen molar-refractivity contribution in [3.05, 3.63) is 24.0 Å². The lowest BCUT2D eigenvalue weighted by molar-refractivity contribution is -0.274. The molecule has 1 aromatic carbocycles. The molecule has 0 amide bonds. The van der Waals surface area contributed by atoms with Gasteiger partial charge >= 0.3 is 6.36 Å². The van der Waals surface area contributed by atoms with E-state index in [9.17, 15) is 17.6 Å². The lowest BCUT2D eigenvalue weighted by Crippen LogP contribution is -2.50. The highest BCUT2D eigenvalue weighted by Gasteiger charge is 2.31. The molecule has 0 bridgehead atoms. The van der Waals surface area contributed by atoms with Crippen molar-refractivity contribution < 1.29 is 27.0 Å². The zero-order valence-corrected chi connectivity index (χ0v) is 8.55. The lowest BCUT2D eigenvalue weighted by Gasteiger charge is -2.27. The van der Waals surface area contributed by atoms with E-state index in [1.807, 2.05) is 0 Å². The maximum absolute atomic E-state index is 13.4. The van der Waals surface area contributed by atoms with Crippen molar-refractivity contribution in [2.24, 2.45) is 0 Å². The predicted octanol–water partition coefficient (Wildman–Crippen LogP) is 2.07. The van der Waals surface area contributed by atoms with Crippen LogP contribution in [0.1, 0.15) is 0 Å². The summed E-state index contributed by atoms with van der Waals surface area (Å²) in [4.78, 5) is 0. The normalized spacial score (nSPS) is 16.5. The SMILES string of the molecule is Fc1cc(OC(F)(F)F)ccc1OC1CNC1. The van der Waals surface area contributed by atoms with Gasteiger partial charge in [0.15, 0.2) is 11.6 Å². The van der Waals surface area contributed by atoms with E-state index in [0.29, 0.717) is 19.2 Å². The standard InChI is InChI=1S/C10H9F4NO2/c11-8-3-6(17-10(12,13)14)1-2-9(8)16-7-4-15-5-7/h1-3,7,15H,4-5H2. The minimum Gasteiger partial charge on any atom is -0.485 e. The molecular weight excluding hydrogens is 242 g/mol. The largest absolute Gasteiger partial charge is 0.573 e. The molecule has 0 unspecified atom stereocenters. The Kier molecular flexibility index (Phi) is 3.10. The Bertz CT molecular complexity index is 404. The van der Waals surface area contributed by atoms with Gasteiger partial charge in [0.05, 0.1) is 0 Å². The molecule has 1 aliphatic heterocycles. The number of alkyl halides is 3. The third-order valence-electron chi connectivity index (χ3n) is 2.17. The maximum Gasteiger partial charge on any atom is 0.573 e. The summed E-state index contributed by atoms with van der Waals surface area (Å²) in [5, 5.41) is 2.92. The molecule has 0 radical (unpaired) electrons. The summed E-state index contributed by atoms with van der Waals surface area (Å²) in [6.45, 7) is 1.19. The Morgan fingerprint density at radius 1 is 1.24 bits per heavy atom. The second-order valence-electron chi connectivity index (χ2n) is 3.54. The third kappa shape index (κ3) is 3.23. The monoisotopic (exact) mass is 251 g/mol. The van der Waals surface area contributed by atoms with Crippen molar-refractivity contribution in [2.45, 2.75) is 12.5 Å². The van der Waals surface area contributed by atoms with Crippen LogP contribution in [0.25, 0.3) is 0 Å². The summed E-state index contributed by atoms with van der Waals surface area (Å²) < 4.78 is 57.7. The molecule has 17 heavy (non-hydrogen) atoms. The van der Waals surface area contributed by atoms with Gasteiger partial charge in [-0.05, 0) is 12.1 Å². The fourth-order valence-electron chi connectivity index (χ4n) is 1.30. The maximum atomic E-state index is 13.4. The van der Waals surface area contributed by atoms with Gasteiger partial charge in [-0.25, -0.2) is 4.39 Å². The topological polar surface area (TPSA) is 30.5 Å². The highest BCUT2D eigenvalue weighted by Crippen LogP contribution is 2.28. The first-order valence-electron chi connectivity index (χ1n) is 4.87. The average molecular weight is 251 g/mol. The zero-order valence-electron chi connectivity index (χ0n) is 8.55. The molecule has 1 aliphatic rings. The summed E-state index contributed by atoms with van der Waals surface area (Å²) in [6.07, 6.45) is -4.97. The molecule has 0 saturated carbocycles. The van der Waals surface area contributed by atoms with Gasteiger partial charge in [0.25, 0.3) is 0 Å². The Morgan fingerprint density at radius 3 is 2.41 bits per heavy atom. The zero-order chi connectivity index (χ0) is 12.5. The number of hydrogen-bond acceptors (Lipinski definition) is 3. The molecule has 1 N–H and O–H groups in total. The number of nitrogens with one attached hydrogen (secondary N) is 1. The van der Waals surface area contributed by atoms with E-state index in [0.717, 1.165) is 12.1 Å². The summed E-state index contributed by atoms with van der Waals surface area (Å²) in [6, 6.07) is 2.78. The molecule has 1 aromatic rings. The first-order valence-corrected chi connectivity index (χ1v) is 4.87. The van der Waals surface area contributed by atoms with Gasteiger partial charge in [-0.1, -0.05) is 0 Å². The van der Waals surface area contributed by atoms with Crippen molar-refractivity contribution >= 4 is 0 Å². The van der Waals surface area contributed by atoms with Crippen molar-refractivity contribution in [3.8, 4) is 11.5 Å². The van der Waals surface area contributed by atoms with Gasteiger partial charge in [0.1, 0.15) is 11.9 Å². The molecule has 0 aliphatic carbocycles. The van der Waals surface area contributed by atoms with Gasteiger partial charge in [-0.3, -0.25) is 0 Å². The quantitative estimate of drug-likeness (QED) is 0.834. The molecule has 94 valence electrons. The Hall–Kier alpha value is -1.50. The van der Waals surface area contributed by atoms with Crippen LogP contribution in [0.2, 0.25) is 0 Å². The first kappa shape index (κ1) is 12.0. The number of rotatable bonds is 3. The predicted molar refractivity (Wildman–Crippen MR) is 50.4 cm³/mol. The Labute approximate surface area is 94.3 Å². The van der Waals surface area contributed by atoms with Crippen LogP contribution in [-0.2, 0) is 0 Å². The fraction of sp³-hybridized carbons (Fsp3) is 0.400. The van der Waals surface area contributed by atoms with Crippen LogP contribution in [0.4, 0.5) is 17.6 Å². The second kappa shape index (κ2) is 4.40. The molecule has 2 rings (SSSR count). The van der Waals surface area contributed by atoms with Crippen LogP contribution in [0, 0.1) is 5.82 Å². The second-order valence-corrected chi connectivity index (χ2v) is 3.54. The van der Waals surface area contributed by atoms with E-state index in [-0.39, 0.29) is 11.9 Å². The van der Waals surface area contributed by atoms with Crippen molar-refractivity contribution in [3.63, 3.8) is 0 Å². The number of ether oxygens (including phenoxy) is 2. The Morgan fingerprint density at radius 2 is 1.94 bits per heavy atom. The summed E-state index contributed by atoms with van der Waals surface area (Å²) in [5.41, 5.74) is 0. The highest BCUT2D eigenvalue weighted by atomic mass is 19.4. The average Bonchev–Trinajstić information content (AvgIpc) is 2.11. The van der Waals surface area contributed by atoms with Crippen LogP contribution in [0.15, 0.2) is 18.2 Å². The van der Waals surface area contributed by atoms with E-state index < -0.39 is 17.9 Å². The molecule has 1 heterocycles. The van der Waals surface area contributed by atoms with Crippen molar-refractivity contribution in [1.82, 2.24) is 5.32 Å². The van der Waals surface area contributed by atoms with Crippen molar-refractivity contribution in [2.75, 3.05) is 13.1 Å². The molecule has 0 atom stereocenters. The third-order valence-corrected chi connectivity index (χ3v) is 2.17. The summed E-state index contributed by atoms with van der Waals surface area (Å²) in [7, 11) is 0. The molecule has 1 fully saturated rings. The summed E-state index contributed by atoms with van der Waals surface area (Å²) >= 11 is 0. The number of benzene rings is 1. The minimum atomic E-state index is -4.83. The molecular formula is C10H9F4NO2. The lowest BCUT2D eigenvalue weighted by atomic mass is 10.2. The molecule has 0 aromatic heterocycles. The minimum absolute atomic E-state index is 0.0778. The van der Waals surface area contributed by atoms with Gasteiger partial charge in [-0.15, -0.1) is 13.2 Å². The number of hydrogen-bond donors (Lipinski definition) is 1. The van der Waals surface area contributed by atoms with Crippen LogP contribution in [0.5, 0.6) is 11.5 Å². The molecule has 0 spiro atoms. The first-order chi connectivity index (χ1) is 7.94. The molecule has 7 heteroatoms. The van der Waals surface area contributed by atoms with E-state index in [1.165, 1.54) is 0 Å². The van der Waals surface area contributed by atoms with Crippen LogP contribution < -0.4 is 14.8 Å². The van der Waals surface area contributed by atoms with Crippen LogP contribution in [0.3, 0.4) is 0 Å². The van der Waals surface area contributed by atoms with Crippen LogP contribution >= 0.6 is 0 Å². The van der Waals surface area contributed by atoms with Gasteiger partial charge in [0, 0.05) is 19.2 Å². The van der Waals surface area contributed by atoms with Gasteiger partial charge in [0.2, 0.25) is 0 Å². The molecule has 3 nitrogen and oxygen atoms in total. The number of halogens is 4. The highest BCUT2D eigenvalue weighted by molar-refractivity contribution is 5.33. The van der Waals surface area contributed by atoms with E-state index >= 15 is 0 Å². The smallest absolute Gasteiger partial charge is 0.485 e. The van der Waals surface area contributed by atoms with Crippen LogP contribution in [-0.4, -0.2) is 25.6 Å².